The minimum absolute atomic E-state index is 0.0309. The Hall–Kier alpha value is -1.28. The van der Waals surface area contributed by atoms with Crippen LogP contribution >= 0.6 is 39.3 Å². The molecule has 0 fully saturated rings. The molecule has 2 aromatic rings. The van der Waals surface area contributed by atoms with Gasteiger partial charge in [-0.3, -0.25) is 0 Å². The van der Waals surface area contributed by atoms with Crippen LogP contribution in [0.1, 0.15) is 11.1 Å². The predicted octanol–water partition coefficient (Wildman–Crippen LogP) is 3.92. The molecule has 2 atom stereocenters. The third-order valence-corrected chi connectivity index (χ3v) is 5.94. The molecular formula is C16H13BrClN3O2S. The number of aromatic nitrogens is 1. The van der Waals surface area contributed by atoms with Gasteiger partial charge in [0.25, 0.3) is 0 Å². The highest BCUT2D eigenvalue weighted by atomic mass is 79.9. The maximum atomic E-state index is 6.16. The number of methoxy groups -OCH3 is 1. The summed E-state index contributed by atoms with van der Waals surface area (Å²) in [6, 6.07) is 7.66. The summed E-state index contributed by atoms with van der Waals surface area (Å²) in [6.07, 6.45) is 1.63. The molecule has 8 heteroatoms. The van der Waals surface area contributed by atoms with Gasteiger partial charge in [-0.1, -0.05) is 39.3 Å². The summed E-state index contributed by atoms with van der Waals surface area (Å²) in [5, 5.41) is 0.873. The van der Waals surface area contributed by atoms with Crippen molar-refractivity contribution in [2.45, 2.75) is 10.8 Å². The summed E-state index contributed by atoms with van der Waals surface area (Å²) in [5.74, 6) is 1.37. The van der Waals surface area contributed by atoms with Crippen molar-refractivity contribution in [3.05, 3.63) is 51.2 Å². The van der Waals surface area contributed by atoms with Crippen LogP contribution in [0, 0.1) is 0 Å². The zero-order valence-corrected chi connectivity index (χ0v) is 15.8. The molecule has 1 aromatic heterocycles. The number of halogens is 2. The number of amidine groups is 1. The van der Waals surface area contributed by atoms with Crippen molar-refractivity contribution in [1.82, 2.24) is 4.98 Å². The smallest absolute Gasteiger partial charge is 0.155 e. The van der Waals surface area contributed by atoms with E-state index >= 15 is 0 Å². The average molecular weight is 427 g/mol. The fourth-order valence-corrected chi connectivity index (χ4v) is 4.91. The molecule has 2 aliphatic rings. The van der Waals surface area contributed by atoms with Crippen LogP contribution in [0.25, 0.3) is 0 Å². The maximum absolute atomic E-state index is 6.16. The molecule has 0 saturated heterocycles. The number of aliphatic imine (C=N–C) groups is 1. The van der Waals surface area contributed by atoms with Gasteiger partial charge in [-0.2, -0.15) is 0 Å². The molecule has 1 spiro atoms. The van der Waals surface area contributed by atoms with Crippen LogP contribution in [-0.2, 0) is 10.3 Å². The van der Waals surface area contributed by atoms with Gasteiger partial charge in [0.15, 0.2) is 10.9 Å². The monoisotopic (exact) mass is 425 g/mol. The first-order valence-corrected chi connectivity index (χ1v) is 9.24. The van der Waals surface area contributed by atoms with Crippen molar-refractivity contribution < 1.29 is 9.47 Å². The Kier molecular flexibility index (Phi) is 3.99. The SMILES string of the molecule is COCC1SC(N)=NC12c1cc(Br)ccc1Oc1cnc(Cl)cc12. The predicted molar refractivity (Wildman–Crippen MR) is 99.1 cm³/mol. The zero-order chi connectivity index (χ0) is 16.9. The van der Waals surface area contributed by atoms with Crippen LogP contribution in [0.2, 0.25) is 5.15 Å². The van der Waals surface area contributed by atoms with E-state index in [9.17, 15) is 0 Å². The molecule has 0 amide bonds. The molecule has 124 valence electrons. The zero-order valence-electron chi connectivity index (χ0n) is 12.6. The lowest BCUT2D eigenvalue weighted by Gasteiger charge is -2.38. The van der Waals surface area contributed by atoms with Gasteiger partial charge in [-0.15, -0.1) is 0 Å². The average Bonchev–Trinajstić information content (AvgIpc) is 2.87. The van der Waals surface area contributed by atoms with E-state index in [-0.39, 0.29) is 5.25 Å². The third kappa shape index (κ3) is 2.34. The Bertz CT molecular complexity index is 810. The Morgan fingerprint density at radius 1 is 1.38 bits per heavy atom. The van der Waals surface area contributed by atoms with Crippen molar-refractivity contribution in [1.29, 1.82) is 0 Å². The number of pyridine rings is 1. The molecule has 0 saturated carbocycles. The number of rotatable bonds is 2. The Balaban J connectivity index is 2.04. The fraction of sp³-hybridized carbons (Fsp3) is 0.250. The summed E-state index contributed by atoms with van der Waals surface area (Å²) in [4.78, 5) is 8.98. The third-order valence-electron chi connectivity index (χ3n) is 4.15. The molecule has 2 N–H and O–H groups in total. The first-order valence-electron chi connectivity index (χ1n) is 7.19. The van der Waals surface area contributed by atoms with Gasteiger partial charge in [0.2, 0.25) is 0 Å². The molecule has 24 heavy (non-hydrogen) atoms. The lowest BCUT2D eigenvalue weighted by Crippen LogP contribution is -2.39. The minimum atomic E-state index is -0.718. The number of nitrogens with two attached hydrogens (primary N) is 1. The number of ether oxygens (including phenoxy) is 2. The van der Waals surface area contributed by atoms with Gasteiger partial charge in [0.05, 0.1) is 18.1 Å². The number of benzene rings is 1. The van der Waals surface area contributed by atoms with Crippen molar-refractivity contribution in [3.63, 3.8) is 0 Å². The van der Waals surface area contributed by atoms with Crippen molar-refractivity contribution in [3.8, 4) is 11.5 Å². The van der Waals surface area contributed by atoms with E-state index in [2.05, 4.69) is 20.9 Å². The van der Waals surface area contributed by atoms with Crippen LogP contribution in [0.4, 0.5) is 0 Å². The van der Waals surface area contributed by atoms with Crippen LogP contribution < -0.4 is 10.5 Å². The number of hydrogen-bond acceptors (Lipinski definition) is 6. The van der Waals surface area contributed by atoms with Crippen LogP contribution in [-0.4, -0.2) is 29.1 Å². The van der Waals surface area contributed by atoms with Crippen molar-refractivity contribution >= 4 is 44.5 Å². The van der Waals surface area contributed by atoms with E-state index in [0.717, 1.165) is 21.3 Å². The Morgan fingerprint density at radius 3 is 2.96 bits per heavy atom. The standard InChI is InChI=1S/C16H13BrClN3O2S/c1-22-7-13-16(21-15(19)24-13)9-4-8(17)2-3-11(9)23-12-6-20-14(18)5-10(12)16/h2-6,13H,7H2,1H3,(H2,19,21). The highest BCUT2D eigenvalue weighted by Gasteiger charge is 2.52. The molecule has 0 aliphatic carbocycles. The number of fused-ring (bicyclic) bond motifs is 4. The number of nitrogens with zero attached hydrogens (tertiary/aromatic N) is 2. The molecule has 2 unspecified atom stereocenters. The molecular weight excluding hydrogens is 414 g/mol. The second-order valence-corrected chi connectivity index (χ2v) is 8.05. The lowest BCUT2D eigenvalue weighted by molar-refractivity contribution is 0.181. The molecule has 4 rings (SSSR count). The fourth-order valence-electron chi connectivity index (χ4n) is 3.23. The lowest BCUT2D eigenvalue weighted by atomic mass is 9.78. The Labute approximate surface area is 156 Å². The summed E-state index contributed by atoms with van der Waals surface area (Å²) in [5.41, 5.74) is 7.17. The number of hydrogen-bond donors (Lipinski definition) is 1. The second-order valence-electron chi connectivity index (χ2n) is 5.52. The Morgan fingerprint density at radius 2 is 2.17 bits per heavy atom. The normalized spacial score (nSPS) is 24.3. The van der Waals surface area contributed by atoms with Gasteiger partial charge in [-0.05, 0) is 24.3 Å². The summed E-state index contributed by atoms with van der Waals surface area (Å²) in [7, 11) is 1.67. The second kappa shape index (κ2) is 5.91. The van der Waals surface area contributed by atoms with E-state index in [0.29, 0.717) is 22.7 Å². The first-order chi connectivity index (χ1) is 11.5. The van der Waals surface area contributed by atoms with Crippen LogP contribution in [0.15, 0.2) is 39.9 Å². The highest BCUT2D eigenvalue weighted by molar-refractivity contribution is 9.10. The molecule has 2 aliphatic heterocycles. The van der Waals surface area contributed by atoms with E-state index in [4.69, 9.17) is 31.8 Å². The van der Waals surface area contributed by atoms with Gasteiger partial charge in [-0.25, -0.2) is 9.98 Å². The minimum Gasteiger partial charge on any atom is -0.455 e. The molecule has 3 heterocycles. The van der Waals surface area contributed by atoms with Gasteiger partial charge in [0.1, 0.15) is 16.4 Å². The summed E-state index contributed by atoms with van der Waals surface area (Å²) < 4.78 is 12.4. The maximum Gasteiger partial charge on any atom is 0.155 e. The topological polar surface area (TPSA) is 69.7 Å². The molecule has 0 radical (unpaired) electrons. The highest BCUT2D eigenvalue weighted by Crippen LogP contribution is 2.56. The molecule has 0 bridgehead atoms. The quantitative estimate of drug-likeness (QED) is 0.737. The van der Waals surface area contributed by atoms with E-state index in [1.54, 1.807) is 19.4 Å². The van der Waals surface area contributed by atoms with Crippen molar-refractivity contribution in [2.24, 2.45) is 10.7 Å². The largest absolute Gasteiger partial charge is 0.455 e. The molecule has 1 aromatic carbocycles. The van der Waals surface area contributed by atoms with E-state index in [1.807, 2.05) is 18.2 Å². The van der Waals surface area contributed by atoms with Crippen molar-refractivity contribution in [2.75, 3.05) is 13.7 Å². The number of thioether (sulfide) groups is 1. The van der Waals surface area contributed by atoms with Gasteiger partial charge in [0, 0.05) is 22.7 Å². The van der Waals surface area contributed by atoms with Crippen LogP contribution in [0.3, 0.4) is 0 Å². The van der Waals surface area contributed by atoms with Crippen LogP contribution in [0.5, 0.6) is 11.5 Å². The van der Waals surface area contributed by atoms with E-state index in [1.165, 1.54) is 11.8 Å². The molecule has 5 nitrogen and oxygen atoms in total. The first kappa shape index (κ1) is 16.2. The van der Waals surface area contributed by atoms with Gasteiger partial charge >= 0.3 is 0 Å². The summed E-state index contributed by atoms with van der Waals surface area (Å²) >= 11 is 11.2. The summed E-state index contributed by atoms with van der Waals surface area (Å²) in [6.45, 7) is 0.486. The van der Waals surface area contributed by atoms with Gasteiger partial charge < -0.3 is 15.2 Å². The van der Waals surface area contributed by atoms with E-state index < -0.39 is 5.54 Å².